The molecule has 0 rings (SSSR count). The van der Waals surface area contributed by atoms with Crippen LogP contribution < -0.4 is 29.6 Å². The first-order valence-corrected chi connectivity index (χ1v) is 3.43. The van der Waals surface area contributed by atoms with E-state index in [-0.39, 0.29) is 36.5 Å². The first-order valence-electron chi connectivity index (χ1n) is 2.99. The Morgan fingerprint density at radius 3 is 2.80 bits per heavy atom. The quantitative estimate of drug-likeness (QED) is 0.145. The minimum Gasteiger partial charge on any atom is -1.00 e. The van der Waals surface area contributed by atoms with Gasteiger partial charge in [0.05, 0.1) is 0 Å². The van der Waals surface area contributed by atoms with Crippen molar-refractivity contribution in [2.24, 2.45) is 5.11 Å². The SMILES string of the molecule is CCCCC(Cl)N=[N+]=[N-].[H-].[Na+]. The Kier molecular flexibility index (Phi) is 12.7. The molecule has 0 aromatic rings. The fourth-order valence-corrected chi connectivity index (χ4v) is 0.680. The molecule has 0 aromatic carbocycles. The van der Waals surface area contributed by atoms with Gasteiger partial charge in [0.2, 0.25) is 0 Å². The van der Waals surface area contributed by atoms with Crippen LogP contribution in [-0.2, 0) is 0 Å². The molecule has 0 heterocycles. The molecule has 0 amide bonds. The smallest absolute Gasteiger partial charge is 1.00 e. The first-order chi connectivity index (χ1) is 4.31. The van der Waals surface area contributed by atoms with Gasteiger partial charge in [-0.2, -0.15) is 0 Å². The van der Waals surface area contributed by atoms with Crippen molar-refractivity contribution >= 4 is 11.6 Å². The second kappa shape index (κ2) is 9.60. The zero-order valence-electron chi connectivity index (χ0n) is 7.42. The number of rotatable bonds is 4. The van der Waals surface area contributed by atoms with E-state index in [9.17, 15) is 0 Å². The molecule has 0 aliphatic carbocycles. The zero-order valence-corrected chi connectivity index (χ0v) is 9.17. The number of azide groups is 1. The van der Waals surface area contributed by atoms with Crippen LogP contribution in [0.3, 0.4) is 0 Å². The number of halogens is 1. The maximum atomic E-state index is 7.91. The predicted molar refractivity (Wildman–Crippen MR) is 39.4 cm³/mol. The summed E-state index contributed by atoms with van der Waals surface area (Å²) in [6, 6.07) is 0. The fourth-order valence-electron chi connectivity index (χ4n) is 0.486. The molecule has 1 atom stereocenters. The van der Waals surface area contributed by atoms with Crippen LogP contribution >= 0.6 is 11.6 Å². The normalized spacial score (nSPS) is 11.0. The topological polar surface area (TPSA) is 48.8 Å². The van der Waals surface area contributed by atoms with E-state index in [1.54, 1.807) is 0 Å². The number of hydrogen-bond acceptors (Lipinski definition) is 1. The summed E-state index contributed by atoms with van der Waals surface area (Å²) in [4.78, 5) is 2.58. The Balaban J connectivity index is -0.000000320. The van der Waals surface area contributed by atoms with Crippen molar-refractivity contribution in [3.05, 3.63) is 10.4 Å². The number of hydrogen-bond donors (Lipinski definition) is 0. The molecule has 0 aliphatic rings. The molecule has 5 heteroatoms. The van der Waals surface area contributed by atoms with Crippen LogP contribution in [0.5, 0.6) is 0 Å². The fraction of sp³-hybridized carbons (Fsp3) is 1.00. The molecule has 0 aliphatic heterocycles. The van der Waals surface area contributed by atoms with Crippen molar-refractivity contribution in [1.82, 2.24) is 0 Å². The van der Waals surface area contributed by atoms with Crippen LogP contribution in [0.1, 0.15) is 27.6 Å². The third-order valence-corrected chi connectivity index (χ3v) is 1.28. The summed E-state index contributed by atoms with van der Waals surface area (Å²) in [6.07, 6.45) is 2.89. The molecular formula is C5H11ClN3Na. The largest absolute Gasteiger partial charge is 1.00 e. The Bertz CT molecular complexity index is 118. The summed E-state index contributed by atoms with van der Waals surface area (Å²) >= 11 is 5.54. The van der Waals surface area contributed by atoms with Gasteiger partial charge in [-0.05, 0) is 12.0 Å². The summed E-state index contributed by atoms with van der Waals surface area (Å²) < 4.78 is 0. The van der Waals surface area contributed by atoms with E-state index in [1.807, 2.05) is 0 Å². The summed E-state index contributed by atoms with van der Waals surface area (Å²) in [5.74, 6) is 0. The molecule has 0 saturated carbocycles. The minimum atomic E-state index is -0.352. The Hall–Kier alpha value is 0.600. The molecule has 0 aromatic heterocycles. The van der Waals surface area contributed by atoms with Crippen molar-refractivity contribution < 1.29 is 31.0 Å². The molecule has 1 unspecified atom stereocenters. The zero-order chi connectivity index (χ0) is 7.11. The van der Waals surface area contributed by atoms with Crippen LogP contribution in [0.4, 0.5) is 0 Å². The summed E-state index contributed by atoms with van der Waals surface area (Å²) in [7, 11) is 0. The van der Waals surface area contributed by atoms with Crippen LogP contribution in [-0.4, -0.2) is 5.50 Å². The van der Waals surface area contributed by atoms with E-state index in [1.165, 1.54) is 0 Å². The molecule has 0 N–H and O–H groups in total. The Morgan fingerprint density at radius 2 is 2.40 bits per heavy atom. The molecule has 0 radical (unpaired) electrons. The van der Waals surface area contributed by atoms with Crippen molar-refractivity contribution in [3.63, 3.8) is 0 Å². The second-order valence-corrected chi connectivity index (χ2v) is 2.29. The van der Waals surface area contributed by atoms with Crippen molar-refractivity contribution in [2.45, 2.75) is 31.7 Å². The van der Waals surface area contributed by atoms with E-state index in [0.29, 0.717) is 0 Å². The minimum absolute atomic E-state index is 0. The van der Waals surface area contributed by atoms with Gasteiger partial charge in [0, 0.05) is 4.91 Å². The molecule has 54 valence electrons. The van der Waals surface area contributed by atoms with Crippen LogP contribution in [0.2, 0.25) is 0 Å². The number of alkyl halides is 1. The molecule has 0 bridgehead atoms. The molecule has 0 fully saturated rings. The predicted octanol–water partition coefficient (Wildman–Crippen LogP) is 0.168. The Labute approximate surface area is 89.5 Å². The maximum absolute atomic E-state index is 7.91. The van der Waals surface area contributed by atoms with Gasteiger partial charge in [-0.3, -0.25) is 0 Å². The van der Waals surface area contributed by atoms with Gasteiger partial charge in [0.15, 0.2) is 0 Å². The molecule has 3 nitrogen and oxygen atoms in total. The van der Waals surface area contributed by atoms with Crippen LogP contribution in [0.25, 0.3) is 10.4 Å². The van der Waals surface area contributed by atoms with E-state index < -0.39 is 0 Å². The standard InChI is InChI=1S/C5H10ClN3.Na.H/c1-2-3-4-5(6)8-9-7;;/h5H,2-4H2,1H3;;/q;+1;-1. The van der Waals surface area contributed by atoms with E-state index in [2.05, 4.69) is 16.9 Å². The van der Waals surface area contributed by atoms with Gasteiger partial charge in [0.25, 0.3) is 0 Å². The van der Waals surface area contributed by atoms with Gasteiger partial charge < -0.3 is 1.43 Å². The molecular weight excluding hydrogens is 161 g/mol. The molecule has 0 saturated heterocycles. The maximum Gasteiger partial charge on any atom is 1.00 e. The van der Waals surface area contributed by atoms with E-state index in [0.717, 1.165) is 19.3 Å². The van der Waals surface area contributed by atoms with E-state index in [4.69, 9.17) is 17.1 Å². The second-order valence-electron chi connectivity index (χ2n) is 1.78. The number of unbranched alkanes of at least 4 members (excludes halogenated alkanes) is 1. The average Bonchev–Trinajstić information content (AvgIpc) is 1.85. The number of nitrogens with zero attached hydrogens (tertiary/aromatic N) is 3. The summed E-state index contributed by atoms with van der Waals surface area (Å²) in [5.41, 5.74) is 7.56. The van der Waals surface area contributed by atoms with Gasteiger partial charge >= 0.3 is 29.6 Å². The van der Waals surface area contributed by atoms with Crippen molar-refractivity contribution in [3.8, 4) is 0 Å². The monoisotopic (exact) mass is 171 g/mol. The van der Waals surface area contributed by atoms with Gasteiger partial charge in [-0.15, -0.1) is 11.6 Å². The summed E-state index contributed by atoms with van der Waals surface area (Å²) in [5, 5.41) is 3.31. The average molecular weight is 172 g/mol. The molecule has 10 heavy (non-hydrogen) atoms. The van der Waals surface area contributed by atoms with Crippen LogP contribution in [0, 0.1) is 0 Å². The molecule has 0 spiro atoms. The summed E-state index contributed by atoms with van der Waals surface area (Å²) in [6.45, 7) is 2.07. The van der Waals surface area contributed by atoms with Crippen molar-refractivity contribution in [2.75, 3.05) is 0 Å². The first kappa shape index (κ1) is 13.2. The van der Waals surface area contributed by atoms with Crippen LogP contribution in [0.15, 0.2) is 5.11 Å². The van der Waals surface area contributed by atoms with Gasteiger partial charge in [-0.1, -0.05) is 24.9 Å². The Morgan fingerprint density at radius 1 is 1.80 bits per heavy atom. The van der Waals surface area contributed by atoms with E-state index >= 15 is 0 Å². The van der Waals surface area contributed by atoms with Crippen molar-refractivity contribution in [1.29, 1.82) is 0 Å². The van der Waals surface area contributed by atoms with Gasteiger partial charge in [0.1, 0.15) is 5.50 Å². The third-order valence-electron chi connectivity index (χ3n) is 0.973. The third kappa shape index (κ3) is 8.60. The van der Waals surface area contributed by atoms with Gasteiger partial charge in [-0.25, -0.2) is 0 Å².